The van der Waals surface area contributed by atoms with Gasteiger partial charge in [0, 0.05) is 12.4 Å². The van der Waals surface area contributed by atoms with E-state index >= 15 is 0 Å². The second kappa shape index (κ2) is 11.7. The highest BCUT2D eigenvalue weighted by Gasteiger charge is 2.08. The van der Waals surface area contributed by atoms with E-state index in [1.807, 2.05) is 31.2 Å². The highest BCUT2D eigenvalue weighted by Crippen LogP contribution is 2.24. The monoisotopic (exact) mass is 538 g/mol. The van der Waals surface area contributed by atoms with E-state index in [1.165, 1.54) is 0 Å². The Balaban J connectivity index is 0.00000312. The van der Waals surface area contributed by atoms with Gasteiger partial charge >= 0.3 is 0 Å². The van der Waals surface area contributed by atoms with Crippen LogP contribution in [0.25, 0.3) is 0 Å². The van der Waals surface area contributed by atoms with Crippen molar-refractivity contribution in [2.45, 2.75) is 32.9 Å². The second-order valence-electron chi connectivity index (χ2n) is 5.25. The van der Waals surface area contributed by atoms with Crippen LogP contribution in [-0.2, 0) is 13.0 Å². The molecule has 1 atom stereocenters. The third kappa shape index (κ3) is 7.49. The number of ether oxygens (including phenoxy) is 1. The molecule has 0 aliphatic heterocycles. The lowest BCUT2D eigenvalue weighted by Gasteiger charge is -2.18. The van der Waals surface area contributed by atoms with Gasteiger partial charge < -0.3 is 15.4 Å². The molecule has 1 heterocycles. The number of hydrogen-bond acceptors (Lipinski definition) is 4. The number of nitrogens with zero attached hydrogens (tertiary/aromatic N) is 2. The van der Waals surface area contributed by atoms with Crippen LogP contribution in [-0.4, -0.2) is 30.6 Å². The highest BCUT2D eigenvalue weighted by atomic mass is 127. The Labute approximate surface area is 178 Å². The molecule has 2 aromatic rings. The van der Waals surface area contributed by atoms with Crippen LogP contribution in [0, 0.1) is 0 Å². The number of rotatable bonds is 7. The van der Waals surface area contributed by atoms with Crippen LogP contribution < -0.4 is 15.4 Å². The van der Waals surface area contributed by atoms with Crippen molar-refractivity contribution in [1.82, 2.24) is 15.6 Å². The van der Waals surface area contributed by atoms with Crippen LogP contribution in [0.4, 0.5) is 0 Å². The first-order valence-corrected chi connectivity index (χ1v) is 9.58. The topological polar surface area (TPSA) is 58.5 Å². The number of guanidine groups is 1. The SMILES string of the molecule is CCc1nc(CNC(=NC)NCC(C)Oc2ccccc2Br)cs1.I. The Morgan fingerprint density at radius 3 is 2.76 bits per heavy atom. The Morgan fingerprint density at radius 2 is 2.12 bits per heavy atom. The molecule has 0 aliphatic rings. The van der Waals surface area contributed by atoms with Crippen LogP contribution in [0.15, 0.2) is 39.1 Å². The van der Waals surface area contributed by atoms with E-state index in [0.29, 0.717) is 13.1 Å². The van der Waals surface area contributed by atoms with Crippen LogP contribution in [0.3, 0.4) is 0 Å². The molecule has 0 amide bonds. The number of nitrogens with one attached hydrogen (secondary N) is 2. The van der Waals surface area contributed by atoms with Gasteiger partial charge in [-0.1, -0.05) is 19.1 Å². The Kier molecular flexibility index (Phi) is 10.4. The molecule has 2 N–H and O–H groups in total. The number of halogens is 2. The molecule has 1 unspecified atom stereocenters. The van der Waals surface area contributed by atoms with Crippen molar-refractivity contribution in [3.05, 3.63) is 44.8 Å². The summed E-state index contributed by atoms with van der Waals surface area (Å²) in [6.45, 7) is 5.45. The fourth-order valence-corrected chi connectivity index (χ4v) is 3.15. The average molecular weight is 539 g/mol. The standard InChI is InChI=1S/C17H23BrN4OS.HI/c1-4-16-22-13(11-24-16)10-21-17(19-3)20-9-12(2)23-15-8-6-5-7-14(15)18;/h5-8,11-12H,4,9-10H2,1-3H3,(H2,19,20,21);1H. The summed E-state index contributed by atoms with van der Waals surface area (Å²) in [4.78, 5) is 8.77. The molecule has 0 saturated carbocycles. The molecule has 138 valence electrons. The molecule has 1 aromatic heterocycles. The Morgan fingerprint density at radius 1 is 1.36 bits per heavy atom. The smallest absolute Gasteiger partial charge is 0.191 e. The lowest BCUT2D eigenvalue weighted by atomic mass is 10.3. The van der Waals surface area contributed by atoms with Crippen molar-refractivity contribution in [3.63, 3.8) is 0 Å². The van der Waals surface area contributed by atoms with Crippen LogP contribution in [0.2, 0.25) is 0 Å². The van der Waals surface area contributed by atoms with Gasteiger partial charge in [-0.2, -0.15) is 0 Å². The van der Waals surface area contributed by atoms with Crippen LogP contribution in [0.1, 0.15) is 24.5 Å². The van der Waals surface area contributed by atoms with Gasteiger partial charge in [-0.05, 0) is 41.4 Å². The van der Waals surface area contributed by atoms with Gasteiger partial charge in [-0.25, -0.2) is 4.98 Å². The first-order chi connectivity index (χ1) is 11.6. The van der Waals surface area contributed by atoms with Gasteiger partial charge in [0.15, 0.2) is 5.96 Å². The predicted octanol–water partition coefficient (Wildman–Crippen LogP) is 4.22. The summed E-state index contributed by atoms with van der Waals surface area (Å²) < 4.78 is 6.87. The molecule has 0 saturated heterocycles. The molecule has 0 spiro atoms. The van der Waals surface area contributed by atoms with Crippen molar-refractivity contribution in [3.8, 4) is 5.75 Å². The minimum Gasteiger partial charge on any atom is -0.488 e. The zero-order valence-electron chi connectivity index (χ0n) is 14.6. The number of thiazole rings is 1. The van der Waals surface area contributed by atoms with Gasteiger partial charge in [0.2, 0.25) is 0 Å². The van der Waals surface area contributed by atoms with Gasteiger partial charge in [-0.15, -0.1) is 35.3 Å². The average Bonchev–Trinajstić information content (AvgIpc) is 3.05. The minimum atomic E-state index is 0. The summed E-state index contributed by atoms with van der Waals surface area (Å²) in [6.07, 6.45) is 0.981. The van der Waals surface area contributed by atoms with Gasteiger partial charge in [0.1, 0.15) is 11.9 Å². The van der Waals surface area contributed by atoms with E-state index in [1.54, 1.807) is 18.4 Å². The van der Waals surface area contributed by atoms with Gasteiger partial charge in [0.25, 0.3) is 0 Å². The lowest BCUT2D eigenvalue weighted by molar-refractivity contribution is 0.222. The summed E-state index contributed by atoms with van der Waals surface area (Å²) in [5.41, 5.74) is 1.04. The summed E-state index contributed by atoms with van der Waals surface area (Å²) in [5.74, 6) is 1.58. The van der Waals surface area contributed by atoms with E-state index in [4.69, 9.17) is 4.74 Å². The number of para-hydroxylation sites is 1. The maximum Gasteiger partial charge on any atom is 0.191 e. The van der Waals surface area contributed by atoms with Gasteiger partial charge in [0.05, 0.1) is 28.3 Å². The molecule has 0 fully saturated rings. The maximum atomic E-state index is 5.92. The van der Waals surface area contributed by atoms with Crippen molar-refractivity contribution < 1.29 is 4.74 Å². The third-order valence-corrected chi connectivity index (χ3v) is 4.98. The van der Waals surface area contributed by atoms with E-state index in [9.17, 15) is 0 Å². The number of aryl methyl sites for hydroxylation is 1. The molecule has 5 nitrogen and oxygen atoms in total. The summed E-state index contributed by atoms with van der Waals surface area (Å²) in [6, 6.07) is 7.84. The summed E-state index contributed by atoms with van der Waals surface area (Å²) >= 11 is 5.18. The zero-order valence-corrected chi connectivity index (χ0v) is 19.3. The number of aliphatic imine (C=N–C) groups is 1. The van der Waals surface area contributed by atoms with E-state index < -0.39 is 0 Å². The number of aromatic nitrogens is 1. The number of hydrogen-bond donors (Lipinski definition) is 2. The molecular formula is C17H24BrIN4OS. The largest absolute Gasteiger partial charge is 0.488 e. The molecule has 1 aromatic carbocycles. The van der Waals surface area contributed by atoms with Crippen LogP contribution in [0.5, 0.6) is 5.75 Å². The summed E-state index contributed by atoms with van der Waals surface area (Å²) in [5, 5.41) is 9.78. The van der Waals surface area contributed by atoms with Crippen molar-refractivity contribution in [2.24, 2.45) is 4.99 Å². The van der Waals surface area contributed by atoms with Crippen molar-refractivity contribution in [2.75, 3.05) is 13.6 Å². The van der Waals surface area contributed by atoms with Gasteiger partial charge in [-0.3, -0.25) is 4.99 Å². The molecule has 0 radical (unpaired) electrons. The zero-order chi connectivity index (χ0) is 17.4. The third-order valence-electron chi connectivity index (χ3n) is 3.28. The quantitative estimate of drug-likeness (QED) is 0.315. The molecule has 0 bridgehead atoms. The van der Waals surface area contributed by atoms with E-state index in [-0.39, 0.29) is 30.1 Å². The first kappa shape index (κ1) is 22.2. The normalized spacial score (nSPS) is 12.2. The fourth-order valence-electron chi connectivity index (χ4n) is 2.03. The molecule has 8 heteroatoms. The highest BCUT2D eigenvalue weighted by molar-refractivity contribution is 14.0. The van der Waals surface area contributed by atoms with Crippen LogP contribution >= 0.6 is 51.2 Å². The van der Waals surface area contributed by atoms with E-state index in [0.717, 1.165) is 33.3 Å². The molecule has 2 rings (SSSR count). The Bertz CT molecular complexity index is 680. The fraction of sp³-hybridized carbons (Fsp3) is 0.412. The maximum absolute atomic E-state index is 5.92. The Hall–Kier alpha value is -0.870. The molecule has 0 aliphatic carbocycles. The predicted molar refractivity (Wildman–Crippen MR) is 119 cm³/mol. The lowest BCUT2D eigenvalue weighted by Crippen LogP contribution is -2.41. The summed E-state index contributed by atoms with van der Waals surface area (Å²) in [7, 11) is 1.76. The molecule has 25 heavy (non-hydrogen) atoms. The van der Waals surface area contributed by atoms with Crippen molar-refractivity contribution >= 4 is 57.2 Å². The van der Waals surface area contributed by atoms with E-state index in [2.05, 4.69) is 48.8 Å². The van der Waals surface area contributed by atoms with Crippen molar-refractivity contribution in [1.29, 1.82) is 0 Å². The first-order valence-electron chi connectivity index (χ1n) is 7.91. The second-order valence-corrected chi connectivity index (χ2v) is 7.05. The molecular weight excluding hydrogens is 515 g/mol. The number of benzene rings is 1. The minimum absolute atomic E-state index is 0.